The Morgan fingerprint density at radius 2 is 1.75 bits per heavy atom. The Balaban J connectivity index is 0.00000208. The molecule has 0 saturated carbocycles. The van der Waals surface area contributed by atoms with Crippen molar-refractivity contribution in [2.45, 2.75) is 44.1 Å². The lowest BCUT2D eigenvalue weighted by Crippen LogP contribution is -2.45. The summed E-state index contributed by atoms with van der Waals surface area (Å²) in [6.45, 7) is 2.71. The van der Waals surface area contributed by atoms with E-state index in [1.807, 2.05) is 0 Å². The molecule has 2 amide bonds. The summed E-state index contributed by atoms with van der Waals surface area (Å²) in [5, 5.41) is 5.70. The van der Waals surface area contributed by atoms with Crippen LogP contribution in [0.15, 0.2) is 24.3 Å². The number of halogens is 1. The lowest BCUT2D eigenvalue weighted by Gasteiger charge is -2.23. The number of carbonyl (C=O) groups excluding carboxylic acids is 2. The minimum absolute atomic E-state index is 0. The molecule has 24 heavy (non-hydrogen) atoms. The summed E-state index contributed by atoms with van der Waals surface area (Å²) in [5.74, 6) is 0.163. The van der Waals surface area contributed by atoms with Crippen LogP contribution in [0.25, 0.3) is 0 Å². The van der Waals surface area contributed by atoms with Crippen molar-refractivity contribution in [3.05, 3.63) is 35.4 Å². The van der Waals surface area contributed by atoms with Crippen LogP contribution in [0.4, 0.5) is 0 Å². The number of hydrogen-bond acceptors (Lipinski definition) is 4. The molecular formula is C18H25ClN2O3. The van der Waals surface area contributed by atoms with Crippen LogP contribution in [0.5, 0.6) is 0 Å². The molecule has 0 spiro atoms. The Morgan fingerprint density at radius 3 is 2.42 bits per heavy atom. The monoisotopic (exact) mass is 352 g/mol. The van der Waals surface area contributed by atoms with E-state index in [2.05, 4.69) is 34.9 Å². The van der Waals surface area contributed by atoms with E-state index in [4.69, 9.17) is 4.74 Å². The Bertz CT molecular complexity index is 556. The van der Waals surface area contributed by atoms with Crippen molar-refractivity contribution in [2.24, 2.45) is 0 Å². The minimum Gasteiger partial charge on any atom is -0.368 e. The highest BCUT2D eigenvalue weighted by Gasteiger charge is 2.26. The summed E-state index contributed by atoms with van der Waals surface area (Å²) in [5.41, 5.74) is 2.64. The molecule has 2 heterocycles. The quantitative estimate of drug-likeness (QED) is 0.795. The van der Waals surface area contributed by atoms with Crippen LogP contribution in [0.2, 0.25) is 0 Å². The maximum Gasteiger partial charge on any atom is 0.255 e. The molecule has 5 nitrogen and oxygen atoms in total. The molecule has 3 rings (SSSR count). The minimum atomic E-state index is -0.485. The van der Waals surface area contributed by atoms with Crippen molar-refractivity contribution in [1.82, 2.24) is 10.6 Å². The third-order valence-corrected chi connectivity index (χ3v) is 4.69. The van der Waals surface area contributed by atoms with Gasteiger partial charge in [0.05, 0.1) is 6.61 Å². The molecule has 1 atom stereocenters. The number of carbonyl (C=O) groups is 2. The second-order valence-electron chi connectivity index (χ2n) is 6.33. The fraction of sp³-hybridized carbons (Fsp3) is 0.556. The van der Waals surface area contributed by atoms with Gasteiger partial charge in [0.25, 0.3) is 5.91 Å². The molecule has 1 aromatic rings. The third kappa shape index (κ3) is 5.03. The molecule has 0 aromatic heterocycles. The fourth-order valence-electron chi connectivity index (χ4n) is 3.26. The summed E-state index contributed by atoms with van der Waals surface area (Å²) in [7, 11) is 0. The van der Waals surface area contributed by atoms with Crippen molar-refractivity contribution in [1.29, 1.82) is 0 Å². The maximum absolute atomic E-state index is 11.6. The van der Waals surface area contributed by atoms with Crippen LogP contribution in [-0.2, 0) is 20.7 Å². The van der Waals surface area contributed by atoms with Crippen LogP contribution < -0.4 is 10.6 Å². The first-order valence-corrected chi connectivity index (χ1v) is 8.47. The first-order valence-electron chi connectivity index (χ1n) is 8.47. The van der Waals surface area contributed by atoms with Gasteiger partial charge in [0.2, 0.25) is 5.91 Å². The Labute approximate surface area is 148 Å². The largest absolute Gasteiger partial charge is 0.368 e. The number of nitrogens with one attached hydrogen (secondary N) is 2. The van der Waals surface area contributed by atoms with Crippen LogP contribution in [0, 0.1) is 0 Å². The van der Waals surface area contributed by atoms with Crippen molar-refractivity contribution in [3.63, 3.8) is 0 Å². The van der Waals surface area contributed by atoms with E-state index in [9.17, 15) is 9.59 Å². The molecular weight excluding hydrogens is 328 g/mol. The van der Waals surface area contributed by atoms with E-state index < -0.39 is 6.10 Å². The van der Waals surface area contributed by atoms with Gasteiger partial charge in [-0.25, -0.2) is 0 Å². The number of benzene rings is 1. The average Bonchev–Trinajstić information content (AvgIpc) is 2.58. The number of amides is 2. The van der Waals surface area contributed by atoms with Gasteiger partial charge in [-0.2, -0.15) is 0 Å². The van der Waals surface area contributed by atoms with E-state index in [1.54, 1.807) is 0 Å². The molecule has 1 unspecified atom stereocenters. The molecule has 2 aliphatic rings. The standard InChI is InChI=1S/C18H24N2O3.ClH/c21-17-6-5-16(18(22)20-17)23-12-9-13-1-3-14(4-2-13)15-7-10-19-11-8-15;/h1-4,15-16,19H,5-12H2,(H,20,21,22);1H. The van der Waals surface area contributed by atoms with Gasteiger partial charge in [-0.05, 0) is 55.8 Å². The molecule has 2 N–H and O–H groups in total. The Morgan fingerprint density at radius 1 is 1.04 bits per heavy atom. The SMILES string of the molecule is Cl.O=C1CCC(OCCc2ccc(C3CCNCC3)cc2)C(=O)N1. The molecule has 2 aliphatic heterocycles. The van der Waals surface area contributed by atoms with Crippen LogP contribution in [0.3, 0.4) is 0 Å². The Hall–Kier alpha value is -1.43. The predicted octanol–water partition coefficient (Wildman–Crippen LogP) is 1.94. The normalized spacial score (nSPS) is 21.9. The summed E-state index contributed by atoms with van der Waals surface area (Å²) < 4.78 is 5.62. The zero-order valence-electron chi connectivity index (χ0n) is 13.8. The highest BCUT2D eigenvalue weighted by Crippen LogP contribution is 2.25. The van der Waals surface area contributed by atoms with E-state index in [0.29, 0.717) is 25.4 Å². The molecule has 0 radical (unpaired) electrons. The molecule has 2 saturated heterocycles. The summed E-state index contributed by atoms with van der Waals surface area (Å²) in [6, 6.07) is 8.75. The van der Waals surface area contributed by atoms with E-state index >= 15 is 0 Å². The maximum atomic E-state index is 11.6. The average molecular weight is 353 g/mol. The first kappa shape index (κ1) is 18.9. The van der Waals surface area contributed by atoms with Crippen molar-refractivity contribution in [2.75, 3.05) is 19.7 Å². The molecule has 0 aliphatic carbocycles. The zero-order valence-corrected chi connectivity index (χ0v) is 14.6. The van der Waals surface area contributed by atoms with Crippen molar-refractivity contribution < 1.29 is 14.3 Å². The highest BCUT2D eigenvalue weighted by molar-refractivity contribution is 5.99. The van der Waals surface area contributed by atoms with Crippen LogP contribution in [0.1, 0.15) is 42.7 Å². The third-order valence-electron chi connectivity index (χ3n) is 4.69. The zero-order chi connectivity index (χ0) is 16.1. The van der Waals surface area contributed by atoms with Gasteiger partial charge in [0, 0.05) is 6.42 Å². The van der Waals surface area contributed by atoms with Crippen LogP contribution in [-0.4, -0.2) is 37.6 Å². The second kappa shape index (κ2) is 9.16. The van der Waals surface area contributed by atoms with Gasteiger partial charge in [-0.1, -0.05) is 24.3 Å². The number of rotatable bonds is 5. The lowest BCUT2D eigenvalue weighted by atomic mass is 9.89. The molecule has 2 fully saturated rings. The van der Waals surface area contributed by atoms with Crippen molar-refractivity contribution >= 4 is 24.2 Å². The highest BCUT2D eigenvalue weighted by atomic mass is 35.5. The molecule has 6 heteroatoms. The summed E-state index contributed by atoms with van der Waals surface area (Å²) in [4.78, 5) is 22.7. The van der Waals surface area contributed by atoms with E-state index in [0.717, 1.165) is 19.5 Å². The van der Waals surface area contributed by atoms with Gasteiger partial charge in [-0.15, -0.1) is 12.4 Å². The first-order chi connectivity index (χ1) is 11.2. The van der Waals surface area contributed by atoms with Gasteiger partial charge >= 0.3 is 0 Å². The van der Waals surface area contributed by atoms with Crippen LogP contribution >= 0.6 is 12.4 Å². The van der Waals surface area contributed by atoms with E-state index in [1.165, 1.54) is 24.0 Å². The topological polar surface area (TPSA) is 67.4 Å². The second-order valence-corrected chi connectivity index (χ2v) is 6.33. The lowest BCUT2D eigenvalue weighted by molar-refractivity contribution is -0.143. The van der Waals surface area contributed by atoms with Gasteiger partial charge < -0.3 is 10.1 Å². The predicted molar refractivity (Wildman–Crippen MR) is 94.4 cm³/mol. The Kier molecular flexibility index (Phi) is 7.21. The van der Waals surface area contributed by atoms with Crippen molar-refractivity contribution in [3.8, 4) is 0 Å². The molecule has 132 valence electrons. The fourth-order valence-corrected chi connectivity index (χ4v) is 3.26. The molecule has 0 bridgehead atoms. The number of ether oxygens (including phenoxy) is 1. The number of hydrogen-bond donors (Lipinski definition) is 2. The van der Waals surface area contributed by atoms with Gasteiger partial charge in [0.1, 0.15) is 6.10 Å². The summed E-state index contributed by atoms with van der Waals surface area (Å²) in [6.07, 6.45) is 3.56. The molecule has 1 aromatic carbocycles. The summed E-state index contributed by atoms with van der Waals surface area (Å²) >= 11 is 0. The van der Waals surface area contributed by atoms with E-state index in [-0.39, 0.29) is 24.2 Å². The smallest absolute Gasteiger partial charge is 0.255 e. The number of imide groups is 1. The van der Waals surface area contributed by atoms with Gasteiger partial charge in [-0.3, -0.25) is 14.9 Å². The number of piperidine rings is 2. The van der Waals surface area contributed by atoms with Gasteiger partial charge in [0.15, 0.2) is 0 Å².